The molecule has 182 valence electrons. The first-order valence-corrected chi connectivity index (χ1v) is 11.6. The Morgan fingerprint density at radius 3 is 2.42 bits per heavy atom. The molecule has 0 spiro atoms. The minimum Gasteiger partial charge on any atom is -0.484 e. The van der Waals surface area contributed by atoms with Crippen LogP contribution in [0.1, 0.15) is 23.2 Å². The Balaban J connectivity index is 1.16. The van der Waals surface area contributed by atoms with E-state index < -0.39 is 0 Å². The molecule has 0 atom stereocenters. The zero-order chi connectivity index (χ0) is 25.1. The number of rotatable bonds is 6. The van der Waals surface area contributed by atoms with E-state index in [9.17, 15) is 19.2 Å². The van der Waals surface area contributed by atoms with Gasteiger partial charge in [-0.3, -0.25) is 24.1 Å². The molecule has 2 aliphatic heterocycles. The van der Waals surface area contributed by atoms with E-state index in [4.69, 9.17) is 4.74 Å². The molecule has 0 aliphatic carbocycles. The van der Waals surface area contributed by atoms with Crippen molar-refractivity contribution in [3.8, 4) is 5.75 Å². The molecule has 9 heteroatoms. The van der Waals surface area contributed by atoms with Crippen LogP contribution >= 0.6 is 0 Å². The molecule has 3 aromatic carbocycles. The van der Waals surface area contributed by atoms with Crippen molar-refractivity contribution in [2.24, 2.45) is 0 Å². The molecule has 0 saturated carbocycles. The van der Waals surface area contributed by atoms with Crippen LogP contribution in [0.3, 0.4) is 0 Å². The van der Waals surface area contributed by atoms with Gasteiger partial charge in [-0.1, -0.05) is 12.1 Å². The highest BCUT2D eigenvalue weighted by Crippen LogP contribution is 2.30. The minimum atomic E-state index is -0.352. The lowest BCUT2D eigenvalue weighted by molar-refractivity contribution is -0.118. The van der Waals surface area contributed by atoms with E-state index >= 15 is 0 Å². The third-order valence-electron chi connectivity index (χ3n) is 6.02. The van der Waals surface area contributed by atoms with Crippen molar-refractivity contribution in [2.75, 3.05) is 40.1 Å². The largest absolute Gasteiger partial charge is 0.484 e. The maximum absolute atomic E-state index is 13.0. The van der Waals surface area contributed by atoms with Gasteiger partial charge in [-0.25, -0.2) is 0 Å². The lowest BCUT2D eigenvalue weighted by Crippen LogP contribution is -2.42. The number of amides is 4. The second-order valence-corrected chi connectivity index (χ2v) is 8.51. The Morgan fingerprint density at radius 1 is 0.944 bits per heavy atom. The summed E-state index contributed by atoms with van der Waals surface area (Å²) in [6, 6.07) is 20.6. The first-order chi connectivity index (χ1) is 17.5. The smallest absolute Gasteiger partial charge is 0.262 e. The Hall–Kier alpha value is -4.66. The molecule has 1 fully saturated rings. The van der Waals surface area contributed by atoms with Gasteiger partial charge in [0.15, 0.2) is 6.61 Å². The van der Waals surface area contributed by atoms with Gasteiger partial charge in [0.05, 0.1) is 11.4 Å². The number of ether oxygens (including phenoxy) is 1. The van der Waals surface area contributed by atoms with Gasteiger partial charge in [-0.2, -0.15) is 0 Å². The lowest BCUT2D eigenvalue weighted by atomic mass is 10.1. The van der Waals surface area contributed by atoms with Crippen molar-refractivity contribution in [1.29, 1.82) is 0 Å². The monoisotopic (exact) mass is 484 g/mol. The van der Waals surface area contributed by atoms with E-state index in [-0.39, 0.29) is 36.8 Å². The van der Waals surface area contributed by atoms with Crippen LogP contribution in [-0.4, -0.2) is 43.3 Å². The Bertz CT molecular complexity index is 1320. The minimum absolute atomic E-state index is 0.0685. The molecule has 0 bridgehead atoms. The summed E-state index contributed by atoms with van der Waals surface area (Å²) in [6.07, 6.45) is 1.42. The third-order valence-corrected chi connectivity index (χ3v) is 6.02. The van der Waals surface area contributed by atoms with Crippen LogP contribution in [0.25, 0.3) is 0 Å². The molecule has 36 heavy (non-hydrogen) atoms. The summed E-state index contributed by atoms with van der Waals surface area (Å²) in [4.78, 5) is 52.4. The van der Waals surface area contributed by atoms with Gasteiger partial charge < -0.3 is 20.3 Å². The second-order valence-electron chi connectivity index (χ2n) is 8.51. The van der Waals surface area contributed by atoms with Gasteiger partial charge in [-0.05, 0) is 67.1 Å². The Kier molecular flexibility index (Phi) is 6.36. The highest BCUT2D eigenvalue weighted by Gasteiger charge is 2.27. The van der Waals surface area contributed by atoms with Crippen LogP contribution in [-0.2, 0) is 14.4 Å². The molecule has 5 rings (SSSR count). The van der Waals surface area contributed by atoms with Crippen molar-refractivity contribution in [2.45, 2.75) is 12.8 Å². The van der Waals surface area contributed by atoms with Crippen molar-refractivity contribution in [3.05, 3.63) is 78.4 Å². The van der Waals surface area contributed by atoms with E-state index in [1.54, 1.807) is 77.7 Å². The Morgan fingerprint density at radius 2 is 1.69 bits per heavy atom. The molecule has 2 N–H and O–H groups in total. The van der Waals surface area contributed by atoms with E-state index in [0.29, 0.717) is 41.3 Å². The molecule has 0 radical (unpaired) electrons. The number of nitrogens with zero attached hydrogens (tertiary/aromatic N) is 2. The number of carbonyl (C=O) groups excluding carboxylic acids is 4. The van der Waals surface area contributed by atoms with Crippen LogP contribution in [0.15, 0.2) is 72.8 Å². The molecule has 4 amide bonds. The number of para-hydroxylation sites is 2. The standard InChI is InChI=1S/C27H24N4O5/c32-24-16-31(23-5-2-1-4-22(23)29-24)27(35)18-7-9-19(10-8-18)28-25(33)17-36-21-13-11-20(12-14-21)30-15-3-6-26(30)34/h1-2,4-5,7-14H,3,6,15-17H2,(H,28,33)(H,29,32). The number of carbonyl (C=O) groups is 4. The summed E-state index contributed by atoms with van der Waals surface area (Å²) in [7, 11) is 0. The fourth-order valence-electron chi connectivity index (χ4n) is 4.26. The molecule has 0 aromatic heterocycles. The number of benzene rings is 3. The summed E-state index contributed by atoms with van der Waals surface area (Å²) >= 11 is 0. The fraction of sp³-hybridized carbons (Fsp3) is 0.185. The van der Waals surface area contributed by atoms with Crippen LogP contribution in [0, 0.1) is 0 Å². The van der Waals surface area contributed by atoms with Crippen molar-refractivity contribution >= 4 is 46.4 Å². The van der Waals surface area contributed by atoms with Crippen LogP contribution in [0.5, 0.6) is 5.75 Å². The van der Waals surface area contributed by atoms with Gasteiger partial charge in [0.1, 0.15) is 12.3 Å². The molecular weight excluding hydrogens is 460 g/mol. The van der Waals surface area contributed by atoms with E-state index in [0.717, 1.165) is 12.1 Å². The number of fused-ring (bicyclic) bond motifs is 1. The van der Waals surface area contributed by atoms with Crippen molar-refractivity contribution in [3.63, 3.8) is 0 Å². The molecule has 2 aliphatic rings. The van der Waals surface area contributed by atoms with Gasteiger partial charge in [0, 0.05) is 29.9 Å². The van der Waals surface area contributed by atoms with Gasteiger partial charge in [-0.15, -0.1) is 0 Å². The predicted octanol–water partition coefficient (Wildman–Crippen LogP) is 3.43. The van der Waals surface area contributed by atoms with Gasteiger partial charge in [0.25, 0.3) is 11.8 Å². The average Bonchev–Trinajstić information content (AvgIpc) is 3.33. The lowest BCUT2D eigenvalue weighted by Gasteiger charge is -2.29. The topological polar surface area (TPSA) is 108 Å². The van der Waals surface area contributed by atoms with Crippen molar-refractivity contribution < 1.29 is 23.9 Å². The van der Waals surface area contributed by atoms with Gasteiger partial charge >= 0.3 is 0 Å². The normalized spacial score (nSPS) is 14.8. The zero-order valence-electron chi connectivity index (χ0n) is 19.4. The third kappa shape index (κ3) is 4.90. The highest BCUT2D eigenvalue weighted by molar-refractivity contribution is 6.15. The Labute approximate surface area is 207 Å². The molecule has 9 nitrogen and oxygen atoms in total. The fourth-order valence-corrected chi connectivity index (χ4v) is 4.26. The van der Waals surface area contributed by atoms with Crippen LogP contribution in [0.4, 0.5) is 22.7 Å². The van der Waals surface area contributed by atoms with Crippen LogP contribution in [0.2, 0.25) is 0 Å². The maximum atomic E-state index is 13.0. The summed E-state index contributed by atoms with van der Waals surface area (Å²) in [5, 5.41) is 5.50. The summed E-state index contributed by atoms with van der Waals surface area (Å²) < 4.78 is 5.56. The predicted molar refractivity (Wildman–Crippen MR) is 135 cm³/mol. The average molecular weight is 485 g/mol. The molecule has 1 saturated heterocycles. The molecular formula is C27H24N4O5. The quantitative estimate of drug-likeness (QED) is 0.557. The van der Waals surface area contributed by atoms with Crippen LogP contribution < -0.4 is 25.2 Å². The summed E-state index contributed by atoms with van der Waals surface area (Å²) in [5.41, 5.74) is 2.95. The van der Waals surface area contributed by atoms with Gasteiger partial charge in [0.2, 0.25) is 11.8 Å². The maximum Gasteiger partial charge on any atom is 0.262 e. The summed E-state index contributed by atoms with van der Waals surface area (Å²) in [6.45, 7) is 0.454. The number of anilines is 4. The molecule has 2 heterocycles. The first-order valence-electron chi connectivity index (χ1n) is 11.6. The first kappa shape index (κ1) is 23.1. The number of nitrogens with one attached hydrogen (secondary N) is 2. The zero-order valence-corrected chi connectivity index (χ0v) is 19.4. The number of hydrogen-bond donors (Lipinski definition) is 2. The SMILES string of the molecule is O=C(COc1ccc(N2CCCC2=O)cc1)Nc1ccc(C(=O)N2CC(=O)Nc3ccccc32)cc1. The van der Waals surface area contributed by atoms with E-state index in [2.05, 4.69) is 10.6 Å². The highest BCUT2D eigenvalue weighted by atomic mass is 16.5. The molecule has 3 aromatic rings. The number of hydrogen-bond acceptors (Lipinski definition) is 5. The van der Waals surface area contributed by atoms with Crippen molar-refractivity contribution in [1.82, 2.24) is 0 Å². The van der Waals surface area contributed by atoms with E-state index in [1.165, 1.54) is 4.90 Å². The summed E-state index contributed by atoms with van der Waals surface area (Å²) in [5.74, 6) is -0.286. The second kappa shape index (κ2) is 9.91. The van der Waals surface area contributed by atoms with E-state index in [1.807, 2.05) is 0 Å². The molecule has 0 unspecified atom stereocenters.